The molecule has 1 heterocycles. The molecule has 0 aromatic heterocycles. The van der Waals surface area contributed by atoms with E-state index < -0.39 is 0 Å². The molecule has 19 heavy (non-hydrogen) atoms. The Morgan fingerprint density at radius 3 is 2.42 bits per heavy atom. The SMILES string of the molecule is CN1CCC(N(CCO)C(=O)C2CC3CC3C2)CC1. The van der Waals surface area contributed by atoms with Gasteiger partial charge in [-0.25, -0.2) is 0 Å². The number of hydrogen-bond acceptors (Lipinski definition) is 3. The van der Waals surface area contributed by atoms with Crippen LogP contribution in [0.3, 0.4) is 0 Å². The summed E-state index contributed by atoms with van der Waals surface area (Å²) in [5.41, 5.74) is 0. The fourth-order valence-electron chi connectivity index (χ4n) is 4.04. The van der Waals surface area contributed by atoms with Crippen LogP contribution in [0.4, 0.5) is 0 Å². The number of piperidine rings is 1. The van der Waals surface area contributed by atoms with Crippen molar-refractivity contribution in [1.82, 2.24) is 9.80 Å². The molecule has 0 aromatic carbocycles. The Balaban J connectivity index is 1.60. The first-order valence-corrected chi connectivity index (χ1v) is 7.79. The van der Waals surface area contributed by atoms with Gasteiger partial charge in [0.2, 0.25) is 5.91 Å². The van der Waals surface area contributed by atoms with Gasteiger partial charge in [-0.15, -0.1) is 0 Å². The highest BCUT2D eigenvalue weighted by Gasteiger charge is 2.49. The lowest BCUT2D eigenvalue weighted by Gasteiger charge is -2.38. The van der Waals surface area contributed by atoms with Gasteiger partial charge in [0.1, 0.15) is 0 Å². The van der Waals surface area contributed by atoms with Gasteiger partial charge >= 0.3 is 0 Å². The Labute approximate surface area is 115 Å². The number of aliphatic hydroxyl groups is 1. The smallest absolute Gasteiger partial charge is 0.226 e. The molecule has 2 atom stereocenters. The minimum absolute atomic E-state index is 0.0949. The summed E-state index contributed by atoms with van der Waals surface area (Å²) in [5.74, 6) is 2.29. The van der Waals surface area contributed by atoms with Crippen LogP contribution in [0, 0.1) is 17.8 Å². The highest BCUT2D eigenvalue weighted by atomic mass is 16.3. The zero-order valence-electron chi connectivity index (χ0n) is 11.9. The van der Waals surface area contributed by atoms with E-state index in [9.17, 15) is 9.90 Å². The van der Waals surface area contributed by atoms with Crippen LogP contribution in [0.15, 0.2) is 0 Å². The van der Waals surface area contributed by atoms with Gasteiger partial charge in [-0.05, 0) is 64.1 Å². The summed E-state index contributed by atoms with van der Waals surface area (Å²) in [6.45, 7) is 2.75. The van der Waals surface area contributed by atoms with Crippen LogP contribution in [0.2, 0.25) is 0 Å². The first-order valence-electron chi connectivity index (χ1n) is 7.79. The molecule has 1 saturated heterocycles. The Kier molecular flexibility index (Phi) is 3.81. The van der Waals surface area contributed by atoms with E-state index in [1.54, 1.807) is 0 Å². The van der Waals surface area contributed by atoms with Crippen LogP contribution in [-0.4, -0.2) is 60.1 Å². The van der Waals surface area contributed by atoms with Crippen molar-refractivity contribution in [2.75, 3.05) is 33.3 Å². The molecule has 2 aliphatic carbocycles. The molecule has 1 N–H and O–H groups in total. The maximum Gasteiger partial charge on any atom is 0.226 e. The highest BCUT2D eigenvalue weighted by Crippen LogP contribution is 2.54. The maximum absolute atomic E-state index is 12.7. The lowest BCUT2D eigenvalue weighted by molar-refractivity contribution is -0.139. The van der Waals surface area contributed by atoms with Crippen LogP contribution >= 0.6 is 0 Å². The molecule has 0 spiro atoms. The predicted molar refractivity (Wildman–Crippen MR) is 73.6 cm³/mol. The molecule has 2 saturated carbocycles. The lowest BCUT2D eigenvalue weighted by Crippen LogP contribution is -2.49. The standard InChI is InChI=1S/C15H26N2O2/c1-16-4-2-14(3-5-16)17(6-7-18)15(19)13-9-11-8-12(11)10-13/h11-14,18H,2-10H2,1H3. The molecular weight excluding hydrogens is 240 g/mol. The summed E-state index contributed by atoms with van der Waals surface area (Å²) in [6, 6.07) is 0.354. The molecule has 4 nitrogen and oxygen atoms in total. The fourth-order valence-corrected chi connectivity index (χ4v) is 4.04. The maximum atomic E-state index is 12.7. The number of carbonyl (C=O) groups excluding carboxylic acids is 1. The monoisotopic (exact) mass is 266 g/mol. The Bertz CT molecular complexity index is 329. The van der Waals surface area contributed by atoms with Gasteiger partial charge in [-0.1, -0.05) is 0 Å². The van der Waals surface area contributed by atoms with Gasteiger partial charge in [0.15, 0.2) is 0 Å². The largest absolute Gasteiger partial charge is 0.395 e. The van der Waals surface area contributed by atoms with Crippen molar-refractivity contribution < 1.29 is 9.90 Å². The topological polar surface area (TPSA) is 43.8 Å². The summed E-state index contributed by atoms with van der Waals surface area (Å²) in [6.07, 6.45) is 5.69. The second-order valence-electron chi connectivity index (χ2n) is 6.71. The number of rotatable bonds is 4. The lowest BCUT2D eigenvalue weighted by atomic mass is 9.97. The third kappa shape index (κ3) is 2.79. The zero-order valence-corrected chi connectivity index (χ0v) is 11.9. The van der Waals surface area contributed by atoms with Crippen molar-refractivity contribution in [3.63, 3.8) is 0 Å². The molecule has 3 aliphatic rings. The molecule has 2 unspecified atom stereocenters. The number of carbonyl (C=O) groups is 1. The van der Waals surface area contributed by atoms with Gasteiger partial charge in [0.05, 0.1) is 6.61 Å². The summed E-state index contributed by atoms with van der Waals surface area (Å²) < 4.78 is 0. The van der Waals surface area contributed by atoms with Gasteiger partial charge in [-0.2, -0.15) is 0 Å². The summed E-state index contributed by atoms with van der Waals surface area (Å²) in [4.78, 5) is 17.0. The zero-order chi connectivity index (χ0) is 13.4. The number of nitrogens with zero attached hydrogens (tertiary/aromatic N) is 2. The third-order valence-corrected chi connectivity index (χ3v) is 5.35. The van der Waals surface area contributed by atoms with Gasteiger partial charge in [-0.3, -0.25) is 4.79 Å². The molecule has 0 bridgehead atoms. The van der Waals surface area contributed by atoms with Gasteiger partial charge in [0, 0.05) is 18.5 Å². The number of fused-ring (bicyclic) bond motifs is 1. The molecule has 108 valence electrons. The van der Waals surface area contributed by atoms with Crippen molar-refractivity contribution in [2.24, 2.45) is 17.8 Å². The molecule has 1 amide bonds. The number of hydrogen-bond donors (Lipinski definition) is 1. The quantitative estimate of drug-likeness (QED) is 0.824. The molecule has 1 aliphatic heterocycles. The summed E-state index contributed by atoms with van der Waals surface area (Å²) in [5, 5.41) is 9.27. The van der Waals surface area contributed by atoms with Crippen molar-refractivity contribution in [3.05, 3.63) is 0 Å². The Hall–Kier alpha value is -0.610. The van der Waals surface area contributed by atoms with Gasteiger partial charge < -0.3 is 14.9 Å². The van der Waals surface area contributed by atoms with Crippen molar-refractivity contribution >= 4 is 5.91 Å². The van der Waals surface area contributed by atoms with E-state index in [0.717, 1.165) is 50.6 Å². The van der Waals surface area contributed by atoms with Crippen LogP contribution in [0.25, 0.3) is 0 Å². The summed E-state index contributed by atoms with van der Waals surface area (Å²) >= 11 is 0. The number of likely N-dealkylation sites (tertiary alicyclic amines) is 1. The number of aliphatic hydroxyl groups excluding tert-OH is 1. The highest BCUT2D eigenvalue weighted by molar-refractivity contribution is 5.79. The van der Waals surface area contributed by atoms with E-state index in [4.69, 9.17) is 0 Å². The van der Waals surface area contributed by atoms with Crippen LogP contribution < -0.4 is 0 Å². The van der Waals surface area contributed by atoms with Crippen LogP contribution in [0.1, 0.15) is 32.1 Å². The summed E-state index contributed by atoms with van der Waals surface area (Å²) in [7, 11) is 2.14. The van der Waals surface area contributed by atoms with E-state index in [-0.39, 0.29) is 12.5 Å². The minimum atomic E-state index is 0.0949. The molecule has 3 fully saturated rings. The fraction of sp³-hybridized carbons (Fsp3) is 0.933. The van der Waals surface area contributed by atoms with Crippen molar-refractivity contribution in [1.29, 1.82) is 0 Å². The second-order valence-corrected chi connectivity index (χ2v) is 6.71. The normalized spacial score (nSPS) is 35.2. The van der Waals surface area contributed by atoms with E-state index in [1.807, 2.05) is 4.90 Å². The molecule has 3 rings (SSSR count). The molecule has 4 heteroatoms. The first kappa shape index (κ1) is 13.4. The third-order valence-electron chi connectivity index (χ3n) is 5.35. The molecule has 0 aromatic rings. The van der Waals surface area contributed by atoms with Crippen molar-refractivity contribution in [2.45, 2.75) is 38.1 Å². The van der Waals surface area contributed by atoms with Crippen LogP contribution in [-0.2, 0) is 4.79 Å². The predicted octanol–water partition coefficient (Wildman–Crippen LogP) is 0.948. The average molecular weight is 266 g/mol. The molecular formula is C15H26N2O2. The van der Waals surface area contributed by atoms with Crippen LogP contribution in [0.5, 0.6) is 0 Å². The first-order chi connectivity index (χ1) is 9.19. The van der Waals surface area contributed by atoms with E-state index in [1.165, 1.54) is 6.42 Å². The second kappa shape index (κ2) is 5.41. The Morgan fingerprint density at radius 1 is 1.21 bits per heavy atom. The van der Waals surface area contributed by atoms with Crippen molar-refractivity contribution in [3.8, 4) is 0 Å². The average Bonchev–Trinajstić information content (AvgIpc) is 3.03. The minimum Gasteiger partial charge on any atom is -0.395 e. The Morgan fingerprint density at radius 2 is 1.84 bits per heavy atom. The van der Waals surface area contributed by atoms with Gasteiger partial charge in [0.25, 0.3) is 0 Å². The number of amides is 1. The van der Waals surface area contributed by atoms with E-state index in [0.29, 0.717) is 18.5 Å². The van der Waals surface area contributed by atoms with E-state index in [2.05, 4.69) is 11.9 Å². The van der Waals surface area contributed by atoms with E-state index >= 15 is 0 Å². The molecule has 0 radical (unpaired) electrons.